The molecular weight excluding hydrogens is 228 g/mol. The zero-order valence-corrected chi connectivity index (χ0v) is 9.89. The predicted octanol–water partition coefficient (Wildman–Crippen LogP) is 0.186. The number of rotatable bonds is 5. The molecule has 1 saturated heterocycles. The molecule has 5 nitrogen and oxygen atoms in total. The molecule has 1 heterocycles. The van der Waals surface area contributed by atoms with Gasteiger partial charge >= 0.3 is 0 Å². The van der Waals surface area contributed by atoms with Crippen LogP contribution in [0, 0.1) is 0 Å². The van der Waals surface area contributed by atoms with Crippen molar-refractivity contribution >= 4 is 22.9 Å². The maximum atomic E-state index is 11.6. The summed E-state index contributed by atoms with van der Waals surface area (Å²) in [6, 6.07) is 0. The van der Waals surface area contributed by atoms with E-state index in [0.717, 1.165) is 25.1 Å². The summed E-state index contributed by atoms with van der Waals surface area (Å²) in [4.78, 5) is 24.5. The molecule has 1 aliphatic heterocycles. The Hall–Kier alpha value is -0.750. The number of hydrogen-bond acceptors (Lipinski definition) is 4. The molecule has 2 aliphatic rings. The third-order valence-corrected chi connectivity index (χ3v) is 3.91. The van der Waals surface area contributed by atoms with Crippen LogP contribution in [0.5, 0.6) is 0 Å². The Morgan fingerprint density at radius 3 is 2.81 bits per heavy atom. The van der Waals surface area contributed by atoms with E-state index in [-0.39, 0.29) is 23.3 Å². The molecule has 2 fully saturated rings. The molecule has 2 amide bonds. The summed E-state index contributed by atoms with van der Waals surface area (Å²) in [6.07, 6.45) is 2.04. The summed E-state index contributed by atoms with van der Waals surface area (Å²) in [6.45, 7) is 1.23. The van der Waals surface area contributed by atoms with E-state index in [1.165, 1.54) is 11.8 Å². The van der Waals surface area contributed by atoms with Crippen LogP contribution in [0.3, 0.4) is 0 Å². The Labute approximate surface area is 98.6 Å². The van der Waals surface area contributed by atoms with E-state index < -0.39 is 0 Å². The van der Waals surface area contributed by atoms with Crippen molar-refractivity contribution in [1.82, 2.24) is 10.2 Å². The average molecular weight is 244 g/mol. The highest BCUT2D eigenvalue weighted by molar-refractivity contribution is 8.13. The van der Waals surface area contributed by atoms with Crippen molar-refractivity contribution in [2.45, 2.75) is 24.8 Å². The van der Waals surface area contributed by atoms with E-state index >= 15 is 0 Å². The molecule has 0 aromatic heterocycles. The van der Waals surface area contributed by atoms with Crippen LogP contribution in [0.4, 0.5) is 4.79 Å². The van der Waals surface area contributed by atoms with Crippen LogP contribution in [0.2, 0.25) is 0 Å². The number of hydrogen-bond donors (Lipinski definition) is 2. The number of nitrogens with one attached hydrogen (secondary N) is 1. The van der Waals surface area contributed by atoms with Gasteiger partial charge in [-0.25, -0.2) is 0 Å². The number of thioether (sulfide) groups is 1. The number of aliphatic hydroxyl groups excluding tert-OH is 1. The third-order valence-electron chi connectivity index (χ3n) is 3.01. The molecule has 1 saturated carbocycles. The fourth-order valence-electron chi connectivity index (χ4n) is 1.70. The zero-order valence-electron chi connectivity index (χ0n) is 9.07. The highest BCUT2D eigenvalue weighted by Crippen LogP contribution is 2.34. The van der Waals surface area contributed by atoms with Crippen LogP contribution < -0.4 is 5.32 Å². The number of carbonyl (C=O) groups is 2. The van der Waals surface area contributed by atoms with Gasteiger partial charge in [0, 0.05) is 25.3 Å². The molecule has 0 unspecified atom stereocenters. The monoisotopic (exact) mass is 244 g/mol. The van der Waals surface area contributed by atoms with Gasteiger partial charge in [0.05, 0.1) is 12.1 Å². The van der Waals surface area contributed by atoms with Crippen LogP contribution in [0.25, 0.3) is 0 Å². The highest BCUT2D eigenvalue weighted by Gasteiger charge is 2.43. The van der Waals surface area contributed by atoms with Crippen LogP contribution in [0.1, 0.15) is 19.3 Å². The predicted molar refractivity (Wildman–Crippen MR) is 61.2 cm³/mol. The van der Waals surface area contributed by atoms with Crippen molar-refractivity contribution in [3.8, 4) is 0 Å². The topological polar surface area (TPSA) is 69.6 Å². The Morgan fingerprint density at radius 1 is 1.56 bits per heavy atom. The first kappa shape index (κ1) is 11.7. The normalized spacial score (nSPS) is 22.3. The maximum absolute atomic E-state index is 11.6. The minimum atomic E-state index is -0.346. The summed E-state index contributed by atoms with van der Waals surface area (Å²) in [5, 5.41) is 11.9. The van der Waals surface area contributed by atoms with Crippen molar-refractivity contribution in [3.05, 3.63) is 0 Å². The van der Waals surface area contributed by atoms with Gasteiger partial charge in [0.25, 0.3) is 5.24 Å². The van der Waals surface area contributed by atoms with Gasteiger partial charge in [-0.15, -0.1) is 0 Å². The Kier molecular flexibility index (Phi) is 3.39. The lowest BCUT2D eigenvalue weighted by Crippen LogP contribution is -2.41. The highest BCUT2D eigenvalue weighted by atomic mass is 32.2. The zero-order chi connectivity index (χ0) is 11.6. The van der Waals surface area contributed by atoms with Gasteiger partial charge in [-0.3, -0.25) is 9.59 Å². The molecule has 0 bridgehead atoms. The second kappa shape index (κ2) is 4.63. The molecule has 0 aromatic carbocycles. The van der Waals surface area contributed by atoms with Gasteiger partial charge in [-0.05, 0) is 12.8 Å². The van der Waals surface area contributed by atoms with Crippen molar-refractivity contribution in [1.29, 1.82) is 0 Å². The summed E-state index contributed by atoms with van der Waals surface area (Å²) >= 11 is 1.30. The van der Waals surface area contributed by atoms with Gasteiger partial charge in [-0.1, -0.05) is 11.8 Å². The first-order valence-electron chi connectivity index (χ1n) is 5.49. The van der Waals surface area contributed by atoms with E-state index in [2.05, 4.69) is 5.32 Å². The minimum Gasteiger partial charge on any atom is -0.394 e. The van der Waals surface area contributed by atoms with Gasteiger partial charge < -0.3 is 15.3 Å². The van der Waals surface area contributed by atoms with E-state index in [1.807, 2.05) is 0 Å². The van der Waals surface area contributed by atoms with Gasteiger partial charge in [0.15, 0.2) is 0 Å². The minimum absolute atomic E-state index is 0.0111. The SMILES string of the molecule is O=C(CCN1CCSC1=O)NC1(CO)CC1. The van der Waals surface area contributed by atoms with Crippen LogP contribution in [-0.2, 0) is 4.79 Å². The molecule has 0 aromatic rings. The van der Waals surface area contributed by atoms with E-state index in [1.54, 1.807) is 4.90 Å². The molecule has 1 aliphatic carbocycles. The Bertz CT molecular complexity index is 304. The first-order valence-corrected chi connectivity index (χ1v) is 6.47. The number of aliphatic hydroxyl groups is 1. The number of carbonyl (C=O) groups excluding carboxylic acids is 2. The fraction of sp³-hybridized carbons (Fsp3) is 0.800. The van der Waals surface area contributed by atoms with Gasteiger partial charge in [-0.2, -0.15) is 0 Å². The average Bonchev–Trinajstić information content (AvgIpc) is 2.92. The summed E-state index contributed by atoms with van der Waals surface area (Å²) in [7, 11) is 0. The van der Waals surface area contributed by atoms with E-state index in [0.29, 0.717) is 13.0 Å². The van der Waals surface area contributed by atoms with E-state index in [4.69, 9.17) is 5.11 Å². The molecule has 2 N–H and O–H groups in total. The molecule has 90 valence electrons. The lowest BCUT2D eigenvalue weighted by atomic mass is 10.2. The van der Waals surface area contributed by atoms with Gasteiger partial charge in [0.2, 0.25) is 5.91 Å². The standard InChI is InChI=1S/C10H16N2O3S/c13-7-10(2-3-10)11-8(14)1-4-12-5-6-16-9(12)15/h13H,1-7H2,(H,11,14). The van der Waals surface area contributed by atoms with Crippen molar-refractivity contribution in [2.24, 2.45) is 0 Å². The molecular formula is C10H16N2O3S. The maximum Gasteiger partial charge on any atom is 0.281 e. The molecule has 0 spiro atoms. The third kappa shape index (κ3) is 2.68. The largest absolute Gasteiger partial charge is 0.394 e. The van der Waals surface area contributed by atoms with Crippen LogP contribution >= 0.6 is 11.8 Å². The number of nitrogens with zero attached hydrogens (tertiary/aromatic N) is 1. The molecule has 16 heavy (non-hydrogen) atoms. The van der Waals surface area contributed by atoms with Crippen LogP contribution in [-0.4, -0.2) is 52.1 Å². The fourth-order valence-corrected chi connectivity index (χ4v) is 2.55. The lowest BCUT2D eigenvalue weighted by molar-refractivity contribution is -0.122. The summed E-state index contributed by atoms with van der Waals surface area (Å²) in [5.41, 5.74) is -0.346. The van der Waals surface area contributed by atoms with Crippen molar-refractivity contribution in [3.63, 3.8) is 0 Å². The lowest BCUT2D eigenvalue weighted by Gasteiger charge is -2.17. The second-order valence-corrected chi connectivity index (χ2v) is 5.38. The first-order chi connectivity index (χ1) is 7.65. The molecule has 0 radical (unpaired) electrons. The molecule has 6 heteroatoms. The second-order valence-electron chi connectivity index (χ2n) is 4.34. The molecule has 0 atom stereocenters. The van der Waals surface area contributed by atoms with Crippen molar-refractivity contribution < 1.29 is 14.7 Å². The van der Waals surface area contributed by atoms with Crippen LogP contribution in [0.15, 0.2) is 0 Å². The Balaban J connectivity index is 1.69. The molecule has 2 rings (SSSR count). The van der Waals surface area contributed by atoms with Crippen molar-refractivity contribution in [2.75, 3.05) is 25.4 Å². The summed E-state index contributed by atoms with van der Waals surface area (Å²) < 4.78 is 0. The van der Waals surface area contributed by atoms with E-state index in [9.17, 15) is 9.59 Å². The van der Waals surface area contributed by atoms with Gasteiger partial charge in [0.1, 0.15) is 0 Å². The number of amides is 2. The smallest absolute Gasteiger partial charge is 0.281 e. The summed E-state index contributed by atoms with van der Waals surface area (Å²) in [5.74, 6) is 0.748. The Morgan fingerprint density at radius 2 is 2.31 bits per heavy atom. The quantitative estimate of drug-likeness (QED) is 0.724.